The lowest BCUT2D eigenvalue weighted by molar-refractivity contribution is 0.581. The Morgan fingerprint density at radius 2 is 2.16 bits per heavy atom. The minimum Gasteiger partial charge on any atom is -0.275 e. The Kier molecular flexibility index (Phi) is 4.14. The number of aryl methyl sites for hydroxylation is 3. The van der Waals surface area contributed by atoms with E-state index in [1.165, 1.54) is 11.3 Å². The topological polar surface area (TPSA) is 64.0 Å². The zero-order valence-corrected chi connectivity index (χ0v) is 14.0. The maximum atomic E-state index is 12.2. The molecule has 2 aromatic heterocycles. The molecular weight excluding hydrogens is 350 g/mol. The predicted octanol–water partition coefficient (Wildman–Crippen LogP) is 2.34. The average Bonchev–Trinajstić information content (AvgIpc) is 2.79. The van der Waals surface area contributed by atoms with Crippen LogP contribution in [0.4, 0.5) is 0 Å². The van der Waals surface area contributed by atoms with Crippen molar-refractivity contribution in [3.63, 3.8) is 0 Å². The molecule has 2 rings (SSSR count). The van der Waals surface area contributed by atoms with Crippen LogP contribution >= 0.6 is 27.3 Å². The molecule has 0 aliphatic carbocycles. The average molecular weight is 364 g/mol. The van der Waals surface area contributed by atoms with Gasteiger partial charge in [-0.15, -0.1) is 11.3 Å². The van der Waals surface area contributed by atoms with Crippen molar-refractivity contribution in [1.82, 2.24) is 14.5 Å². The standard InChI is InChI=1S/C11H14BrN3O2S2/c1-7-9(6-15(3)14-7)5-13-19(16,17)10-4-11(12)18-8(10)2/h4,6,13H,5H2,1-3H3. The normalized spacial score (nSPS) is 12.0. The summed E-state index contributed by atoms with van der Waals surface area (Å²) < 4.78 is 29.5. The summed E-state index contributed by atoms with van der Waals surface area (Å²) in [5.41, 5.74) is 1.70. The van der Waals surface area contributed by atoms with Gasteiger partial charge in [-0.1, -0.05) is 0 Å². The van der Waals surface area contributed by atoms with Crippen LogP contribution in [0.25, 0.3) is 0 Å². The van der Waals surface area contributed by atoms with E-state index in [4.69, 9.17) is 0 Å². The van der Waals surface area contributed by atoms with Gasteiger partial charge in [0.05, 0.1) is 14.4 Å². The number of nitrogens with zero attached hydrogens (tertiary/aromatic N) is 2. The third-order valence-electron chi connectivity index (χ3n) is 2.70. The summed E-state index contributed by atoms with van der Waals surface area (Å²) in [6.07, 6.45) is 1.81. The van der Waals surface area contributed by atoms with Crippen LogP contribution in [-0.4, -0.2) is 18.2 Å². The van der Waals surface area contributed by atoms with E-state index in [0.717, 1.165) is 19.9 Å². The number of hydrogen-bond acceptors (Lipinski definition) is 4. The zero-order chi connectivity index (χ0) is 14.2. The van der Waals surface area contributed by atoms with Crippen LogP contribution < -0.4 is 4.72 Å². The monoisotopic (exact) mass is 363 g/mol. The Hall–Kier alpha value is -0.700. The van der Waals surface area contributed by atoms with E-state index in [0.29, 0.717) is 4.90 Å². The summed E-state index contributed by atoms with van der Waals surface area (Å²) in [5, 5.41) is 4.18. The zero-order valence-electron chi connectivity index (χ0n) is 10.8. The molecule has 19 heavy (non-hydrogen) atoms. The summed E-state index contributed by atoms with van der Waals surface area (Å²) in [5.74, 6) is 0. The van der Waals surface area contributed by atoms with Gasteiger partial charge in [0.15, 0.2) is 0 Å². The molecule has 0 saturated heterocycles. The molecule has 0 amide bonds. The van der Waals surface area contributed by atoms with Crippen LogP contribution in [0, 0.1) is 13.8 Å². The van der Waals surface area contributed by atoms with Crippen molar-refractivity contribution in [2.45, 2.75) is 25.3 Å². The van der Waals surface area contributed by atoms with Crippen molar-refractivity contribution >= 4 is 37.3 Å². The lowest BCUT2D eigenvalue weighted by Gasteiger charge is -2.05. The van der Waals surface area contributed by atoms with E-state index in [1.807, 2.05) is 20.2 Å². The van der Waals surface area contributed by atoms with Crippen molar-refractivity contribution in [2.24, 2.45) is 7.05 Å². The molecule has 2 aromatic rings. The van der Waals surface area contributed by atoms with E-state index in [1.54, 1.807) is 17.7 Å². The Bertz CT molecular complexity index is 704. The van der Waals surface area contributed by atoms with E-state index >= 15 is 0 Å². The first-order chi connectivity index (χ1) is 8.79. The van der Waals surface area contributed by atoms with Gasteiger partial charge in [-0.2, -0.15) is 5.10 Å². The Labute approximate surface area is 124 Å². The van der Waals surface area contributed by atoms with Crippen LogP contribution in [0.2, 0.25) is 0 Å². The fourth-order valence-corrected chi connectivity index (χ4v) is 5.19. The molecule has 104 valence electrons. The lowest BCUT2D eigenvalue weighted by Crippen LogP contribution is -2.23. The molecule has 5 nitrogen and oxygen atoms in total. The van der Waals surface area contributed by atoms with Crippen molar-refractivity contribution in [2.75, 3.05) is 0 Å². The molecular formula is C11H14BrN3O2S2. The summed E-state index contributed by atoms with van der Waals surface area (Å²) in [6.45, 7) is 3.89. The van der Waals surface area contributed by atoms with E-state index < -0.39 is 10.0 Å². The number of halogens is 1. The number of nitrogens with one attached hydrogen (secondary N) is 1. The quantitative estimate of drug-likeness (QED) is 0.906. The molecule has 8 heteroatoms. The molecule has 0 aliphatic heterocycles. The Morgan fingerprint density at radius 3 is 2.63 bits per heavy atom. The molecule has 0 saturated carbocycles. The fourth-order valence-electron chi connectivity index (χ4n) is 1.77. The number of hydrogen-bond donors (Lipinski definition) is 1. The maximum Gasteiger partial charge on any atom is 0.242 e. The van der Waals surface area contributed by atoms with Gasteiger partial charge < -0.3 is 0 Å². The minimum absolute atomic E-state index is 0.245. The first kappa shape index (κ1) is 14.7. The molecule has 0 fully saturated rings. The van der Waals surface area contributed by atoms with Crippen molar-refractivity contribution in [3.8, 4) is 0 Å². The van der Waals surface area contributed by atoms with Gasteiger partial charge in [-0.25, -0.2) is 13.1 Å². The predicted molar refractivity (Wildman–Crippen MR) is 78.7 cm³/mol. The lowest BCUT2D eigenvalue weighted by atomic mass is 10.3. The van der Waals surface area contributed by atoms with Crippen LogP contribution in [0.5, 0.6) is 0 Å². The molecule has 0 aliphatic rings. The van der Waals surface area contributed by atoms with Crippen LogP contribution in [-0.2, 0) is 23.6 Å². The van der Waals surface area contributed by atoms with Crippen molar-refractivity contribution in [3.05, 3.63) is 32.2 Å². The summed E-state index contributed by atoms with van der Waals surface area (Å²) >= 11 is 4.71. The third kappa shape index (κ3) is 3.25. The molecule has 1 N–H and O–H groups in total. The highest BCUT2D eigenvalue weighted by atomic mass is 79.9. The molecule has 0 bridgehead atoms. The SMILES string of the molecule is Cc1nn(C)cc1CNS(=O)(=O)c1cc(Br)sc1C. The van der Waals surface area contributed by atoms with Gasteiger partial charge in [0.25, 0.3) is 0 Å². The molecule has 0 spiro atoms. The number of rotatable bonds is 4. The summed E-state index contributed by atoms with van der Waals surface area (Å²) in [7, 11) is -1.67. The summed E-state index contributed by atoms with van der Waals surface area (Å²) in [4.78, 5) is 1.09. The molecule has 0 radical (unpaired) electrons. The number of thiophene rings is 1. The number of aromatic nitrogens is 2. The molecule has 0 atom stereocenters. The van der Waals surface area contributed by atoms with Crippen LogP contribution in [0.3, 0.4) is 0 Å². The second-order valence-electron chi connectivity index (χ2n) is 4.21. The van der Waals surface area contributed by atoms with Gasteiger partial charge in [-0.3, -0.25) is 4.68 Å². The van der Waals surface area contributed by atoms with E-state index in [-0.39, 0.29) is 6.54 Å². The van der Waals surface area contributed by atoms with Crippen molar-refractivity contribution in [1.29, 1.82) is 0 Å². The first-order valence-corrected chi connectivity index (χ1v) is 8.63. The highest BCUT2D eigenvalue weighted by Gasteiger charge is 2.19. The van der Waals surface area contributed by atoms with E-state index in [9.17, 15) is 8.42 Å². The van der Waals surface area contributed by atoms with Crippen LogP contribution in [0.1, 0.15) is 16.1 Å². The third-order valence-corrected chi connectivity index (χ3v) is 5.91. The van der Waals surface area contributed by atoms with Gasteiger partial charge in [0.1, 0.15) is 0 Å². The molecule has 2 heterocycles. The van der Waals surface area contributed by atoms with Crippen molar-refractivity contribution < 1.29 is 8.42 Å². The van der Waals surface area contributed by atoms with Gasteiger partial charge in [-0.05, 0) is 35.8 Å². The molecule has 0 unspecified atom stereocenters. The maximum absolute atomic E-state index is 12.2. The van der Waals surface area contributed by atoms with Gasteiger partial charge in [0.2, 0.25) is 10.0 Å². The second kappa shape index (κ2) is 5.35. The Balaban J connectivity index is 2.19. The van der Waals surface area contributed by atoms with Gasteiger partial charge in [0, 0.05) is 30.2 Å². The minimum atomic E-state index is -3.48. The highest BCUT2D eigenvalue weighted by molar-refractivity contribution is 9.11. The van der Waals surface area contributed by atoms with Gasteiger partial charge >= 0.3 is 0 Å². The molecule has 0 aromatic carbocycles. The smallest absolute Gasteiger partial charge is 0.242 e. The summed E-state index contributed by atoms with van der Waals surface area (Å²) in [6, 6.07) is 1.62. The second-order valence-corrected chi connectivity index (χ2v) is 8.58. The largest absolute Gasteiger partial charge is 0.275 e. The highest BCUT2D eigenvalue weighted by Crippen LogP contribution is 2.29. The first-order valence-electron chi connectivity index (χ1n) is 5.54. The number of sulfonamides is 1. The fraction of sp³-hybridized carbons (Fsp3) is 0.364. The Morgan fingerprint density at radius 1 is 1.47 bits per heavy atom. The van der Waals surface area contributed by atoms with E-state index in [2.05, 4.69) is 25.8 Å². The van der Waals surface area contributed by atoms with Crippen LogP contribution in [0.15, 0.2) is 20.9 Å².